The van der Waals surface area contributed by atoms with E-state index in [1.54, 1.807) is 18.2 Å². The Balaban J connectivity index is 2.34. The first-order chi connectivity index (χ1) is 9.37. The van der Waals surface area contributed by atoms with Crippen LogP contribution in [0.1, 0.15) is 17.3 Å². The number of para-hydroxylation sites is 1. The van der Waals surface area contributed by atoms with E-state index in [1.165, 1.54) is 24.4 Å². The molecule has 2 N–H and O–H groups in total. The molecule has 3 nitrogen and oxygen atoms in total. The minimum absolute atomic E-state index is 0.222. The van der Waals surface area contributed by atoms with Crippen molar-refractivity contribution in [3.05, 3.63) is 58.3 Å². The van der Waals surface area contributed by atoms with Gasteiger partial charge in [0.2, 0.25) is 0 Å². The van der Waals surface area contributed by atoms with Crippen molar-refractivity contribution < 1.29 is 17.9 Å². The average molecular weight is 347 g/mol. The van der Waals surface area contributed by atoms with Gasteiger partial charge in [0.25, 0.3) is 0 Å². The monoisotopic (exact) mass is 346 g/mol. The molecule has 2 rings (SSSR count). The molecule has 0 radical (unpaired) electrons. The zero-order valence-corrected chi connectivity index (χ0v) is 11.6. The first kappa shape index (κ1) is 14.8. The number of hydrogen-bond acceptors (Lipinski definition) is 3. The maximum Gasteiger partial charge on any atom is 0.573 e. The van der Waals surface area contributed by atoms with Crippen LogP contribution in [0, 0.1) is 0 Å². The second kappa shape index (κ2) is 5.80. The van der Waals surface area contributed by atoms with E-state index in [1.807, 2.05) is 0 Å². The summed E-state index contributed by atoms with van der Waals surface area (Å²) in [5.74, 6) is -0.322. The van der Waals surface area contributed by atoms with Gasteiger partial charge >= 0.3 is 6.36 Å². The number of hydrogen-bond donors (Lipinski definition) is 1. The van der Waals surface area contributed by atoms with Gasteiger partial charge in [-0.15, -0.1) is 13.2 Å². The Morgan fingerprint density at radius 3 is 2.45 bits per heavy atom. The third-order valence-electron chi connectivity index (χ3n) is 2.55. The summed E-state index contributed by atoms with van der Waals surface area (Å²) in [6.07, 6.45) is -3.23. The van der Waals surface area contributed by atoms with E-state index in [-0.39, 0.29) is 11.3 Å². The molecule has 1 aromatic heterocycles. The van der Waals surface area contributed by atoms with E-state index in [2.05, 4.69) is 25.7 Å². The number of nitrogens with two attached hydrogens (primary N) is 1. The summed E-state index contributed by atoms with van der Waals surface area (Å²) < 4.78 is 41.8. The second-order valence-corrected chi connectivity index (χ2v) is 4.88. The number of pyridine rings is 1. The van der Waals surface area contributed by atoms with E-state index >= 15 is 0 Å². The van der Waals surface area contributed by atoms with Crippen molar-refractivity contribution in [2.24, 2.45) is 5.73 Å². The molecule has 20 heavy (non-hydrogen) atoms. The highest BCUT2D eigenvalue weighted by Gasteiger charge is 2.32. The smallest absolute Gasteiger partial charge is 0.405 e. The minimum Gasteiger partial charge on any atom is -0.405 e. The highest BCUT2D eigenvalue weighted by molar-refractivity contribution is 9.10. The zero-order chi connectivity index (χ0) is 14.8. The maximum absolute atomic E-state index is 12.4. The van der Waals surface area contributed by atoms with Crippen molar-refractivity contribution in [2.75, 3.05) is 0 Å². The number of halogens is 4. The highest BCUT2D eigenvalue weighted by Crippen LogP contribution is 2.31. The van der Waals surface area contributed by atoms with Gasteiger partial charge in [-0.25, -0.2) is 0 Å². The first-order valence-electron chi connectivity index (χ1n) is 5.58. The molecule has 1 aromatic carbocycles. The summed E-state index contributed by atoms with van der Waals surface area (Å²) in [5, 5.41) is 0. The molecule has 0 aliphatic heterocycles. The Bertz CT molecular complexity index is 587. The number of aromatic nitrogens is 1. The fourth-order valence-corrected chi connectivity index (χ4v) is 1.92. The van der Waals surface area contributed by atoms with Crippen LogP contribution in [-0.4, -0.2) is 11.3 Å². The van der Waals surface area contributed by atoms with Crippen molar-refractivity contribution in [3.8, 4) is 5.75 Å². The summed E-state index contributed by atoms with van der Waals surface area (Å²) in [5.41, 5.74) is 6.63. The van der Waals surface area contributed by atoms with Gasteiger partial charge in [0.1, 0.15) is 5.75 Å². The minimum atomic E-state index is -4.76. The molecular weight excluding hydrogens is 337 g/mol. The first-order valence-corrected chi connectivity index (χ1v) is 6.38. The molecule has 0 aliphatic carbocycles. The Hall–Kier alpha value is -1.60. The van der Waals surface area contributed by atoms with Gasteiger partial charge in [-0.3, -0.25) is 4.98 Å². The van der Waals surface area contributed by atoms with Crippen LogP contribution in [0.3, 0.4) is 0 Å². The lowest BCUT2D eigenvalue weighted by Crippen LogP contribution is -2.21. The average Bonchev–Trinajstić information content (AvgIpc) is 2.37. The summed E-state index contributed by atoms with van der Waals surface area (Å²) in [6.45, 7) is 0. The van der Waals surface area contributed by atoms with Crippen molar-refractivity contribution in [1.29, 1.82) is 0 Å². The highest BCUT2D eigenvalue weighted by atomic mass is 79.9. The van der Waals surface area contributed by atoms with Gasteiger partial charge in [0.15, 0.2) is 0 Å². The topological polar surface area (TPSA) is 48.1 Å². The number of nitrogens with zero attached hydrogens (tertiary/aromatic N) is 1. The van der Waals surface area contributed by atoms with Crippen LogP contribution in [0.2, 0.25) is 0 Å². The predicted molar refractivity (Wildman–Crippen MR) is 71.1 cm³/mol. The molecule has 1 heterocycles. The normalized spacial score (nSPS) is 13.1. The van der Waals surface area contributed by atoms with Crippen LogP contribution in [0.4, 0.5) is 13.2 Å². The summed E-state index contributed by atoms with van der Waals surface area (Å²) in [6, 6.07) is 8.30. The molecule has 7 heteroatoms. The Labute approximate surface area is 121 Å². The van der Waals surface area contributed by atoms with Gasteiger partial charge in [0, 0.05) is 16.2 Å². The fraction of sp³-hybridized carbons (Fsp3) is 0.154. The molecule has 2 aromatic rings. The molecule has 0 spiro atoms. The quantitative estimate of drug-likeness (QED) is 0.919. The van der Waals surface area contributed by atoms with Crippen LogP contribution in [0.25, 0.3) is 0 Å². The zero-order valence-electron chi connectivity index (χ0n) is 10.1. The fourth-order valence-electron chi connectivity index (χ4n) is 1.69. The van der Waals surface area contributed by atoms with Gasteiger partial charge in [-0.05, 0) is 34.1 Å². The molecule has 106 valence electrons. The summed E-state index contributed by atoms with van der Waals surface area (Å²) >= 11 is 3.23. The Morgan fingerprint density at radius 2 is 1.85 bits per heavy atom. The lowest BCUT2D eigenvalue weighted by atomic mass is 10.0. The van der Waals surface area contributed by atoms with E-state index in [0.29, 0.717) is 5.69 Å². The molecule has 0 saturated carbocycles. The Kier molecular flexibility index (Phi) is 4.29. The largest absolute Gasteiger partial charge is 0.573 e. The van der Waals surface area contributed by atoms with Crippen molar-refractivity contribution in [1.82, 2.24) is 4.98 Å². The molecule has 0 saturated heterocycles. The maximum atomic E-state index is 12.4. The second-order valence-electron chi connectivity index (χ2n) is 3.96. The van der Waals surface area contributed by atoms with Crippen LogP contribution in [0.5, 0.6) is 5.75 Å². The third kappa shape index (κ3) is 3.71. The Morgan fingerprint density at radius 1 is 1.15 bits per heavy atom. The van der Waals surface area contributed by atoms with E-state index in [4.69, 9.17) is 5.73 Å². The van der Waals surface area contributed by atoms with E-state index in [9.17, 15) is 13.2 Å². The van der Waals surface area contributed by atoms with E-state index in [0.717, 1.165) is 4.47 Å². The number of benzene rings is 1. The van der Waals surface area contributed by atoms with Crippen molar-refractivity contribution in [3.63, 3.8) is 0 Å². The van der Waals surface area contributed by atoms with Gasteiger partial charge in [0.05, 0.1) is 11.7 Å². The van der Waals surface area contributed by atoms with Crippen LogP contribution in [-0.2, 0) is 0 Å². The molecule has 0 bridgehead atoms. The molecule has 1 unspecified atom stereocenters. The molecule has 0 fully saturated rings. The third-order valence-corrected chi connectivity index (χ3v) is 3.02. The number of alkyl halides is 3. The standard InChI is InChI=1S/C13H10BrF3N2O/c14-8-5-6-10(19-7-8)12(18)9-3-1-2-4-11(9)20-13(15,16)17/h1-7,12H,18H2. The molecular formula is C13H10BrF3N2O. The lowest BCUT2D eigenvalue weighted by Gasteiger charge is -2.17. The predicted octanol–water partition coefficient (Wildman–Crippen LogP) is 3.79. The SMILES string of the molecule is NC(c1ccc(Br)cn1)c1ccccc1OC(F)(F)F. The van der Waals surface area contributed by atoms with Crippen molar-refractivity contribution >= 4 is 15.9 Å². The molecule has 0 amide bonds. The molecule has 0 aliphatic rings. The van der Waals surface area contributed by atoms with Gasteiger partial charge < -0.3 is 10.5 Å². The lowest BCUT2D eigenvalue weighted by molar-refractivity contribution is -0.274. The van der Waals surface area contributed by atoms with E-state index < -0.39 is 12.4 Å². The van der Waals surface area contributed by atoms with Crippen LogP contribution >= 0.6 is 15.9 Å². The summed E-state index contributed by atoms with van der Waals surface area (Å²) in [7, 11) is 0. The van der Waals surface area contributed by atoms with Crippen LogP contribution in [0.15, 0.2) is 47.1 Å². The molecule has 1 atom stereocenters. The number of rotatable bonds is 3. The van der Waals surface area contributed by atoms with Gasteiger partial charge in [-0.2, -0.15) is 0 Å². The van der Waals surface area contributed by atoms with Crippen LogP contribution < -0.4 is 10.5 Å². The number of ether oxygens (including phenoxy) is 1. The summed E-state index contributed by atoms with van der Waals surface area (Å²) in [4.78, 5) is 4.08. The van der Waals surface area contributed by atoms with Crippen molar-refractivity contribution in [2.45, 2.75) is 12.4 Å². The van der Waals surface area contributed by atoms with Gasteiger partial charge in [-0.1, -0.05) is 18.2 Å².